The number of amides is 1. The molecule has 0 fully saturated rings. The maximum Gasteiger partial charge on any atom is 0.276 e. The highest BCUT2D eigenvalue weighted by atomic mass is 35.5. The highest BCUT2D eigenvalue weighted by Gasteiger charge is 2.12. The first kappa shape index (κ1) is 17.0. The number of hydrogen-bond acceptors (Lipinski definition) is 4. The van der Waals surface area contributed by atoms with Crippen molar-refractivity contribution in [1.82, 2.24) is 15.2 Å². The van der Waals surface area contributed by atoms with E-state index in [1.165, 1.54) is 6.20 Å². The van der Waals surface area contributed by atoms with Crippen LogP contribution in [-0.2, 0) is 0 Å². The predicted octanol–water partition coefficient (Wildman–Crippen LogP) is 4.63. The number of pyridine rings is 1. The fourth-order valence-electron chi connectivity index (χ4n) is 2.08. The topological polar surface area (TPSA) is 79.9 Å². The summed E-state index contributed by atoms with van der Waals surface area (Å²) in [4.78, 5) is 16.4. The summed E-state index contributed by atoms with van der Waals surface area (Å²) in [6.07, 6.45) is 1.53. The first-order valence-corrected chi connectivity index (χ1v) is 8.15. The van der Waals surface area contributed by atoms with Crippen molar-refractivity contribution in [3.05, 3.63) is 65.1 Å². The molecule has 0 radical (unpaired) electrons. The Morgan fingerprint density at radius 1 is 1.20 bits per heavy atom. The maximum atomic E-state index is 12.2. The van der Waals surface area contributed by atoms with Gasteiger partial charge in [-0.25, -0.2) is 4.98 Å². The predicted molar refractivity (Wildman–Crippen MR) is 96.4 cm³/mol. The number of carbonyl (C=O) groups excluding carboxylic acids is 1. The van der Waals surface area contributed by atoms with Gasteiger partial charge in [0.05, 0.1) is 11.9 Å². The van der Waals surface area contributed by atoms with E-state index in [2.05, 4.69) is 20.5 Å². The number of carbonyl (C=O) groups is 1. The van der Waals surface area contributed by atoms with Crippen molar-refractivity contribution in [3.63, 3.8) is 0 Å². The van der Waals surface area contributed by atoms with Crippen LogP contribution in [0.2, 0.25) is 5.02 Å². The van der Waals surface area contributed by atoms with Gasteiger partial charge in [0.1, 0.15) is 5.75 Å². The van der Waals surface area contributed by atoms with Gasteiger partial charge in [0, 0.05) is 16.8 Å². The summed E-state index contributed by atoms with van der Waals surface area (Å²) >= 11 is 5.83. The van der Waals surface area contributed by atoms with Crippen LogP contribution in [0.1, 0.15) is 35.9 Å². The Morgan fingerprint density at radius 2 is 1.96 bits per heavy atom. The van der Waals surface area contributed by atoms with Gasteiger partial charge in [-0.3, -0.25) is 9.89 Å². The fraction of sp³-hybridized carbons (Fsp3) is 0.167. The lowest BCUT2D eigenvalue weighted by molar-refractivity contribution is 0.102. The standard InChI is InChI=1S/C18H17ClN4O2/c1-11(2)15-9-16(23-22-15)18(24)21-13-5-8-17(20-10-13)25-14-6-3-12(19)4-7-14/h3-11H,1-2H3,(H,21,24)(H,22,23). The lowest BCUT2D eigenvalue weighted by Gasteiger charge is -2.06. The van der Waals surface area contributed by atoms with E-state index in [-0.39, 0.29) is 11.8 Å². The zero-order chi connectivity index (χ0) is 17.8. The van der Waals surface area contributed by atoms with E-state index in [4.69, 9.17) is 16.3 Å². The summed E-state index contributed by atoms with van der Waals surface area (Å²) in [7, 11) is 0. The summed E-state index contributed by atoms with van der Waals surface area (Å²) in [6, 6.07) is 12.1. The summed E-state index contributed by atoms with van der Waals surface area (Å²) < 4.78 is 5.61. The number of benzene rings is 1. The molecule has 0 aliphatic rings. The SMILES string of the molecule is CC(C)c1cc(C(=O)Nc2ccc(Oc3ccc(Cl)cc3)nc2)n[nH]1. The fourth-order valence-corrected chi connectivity index (χ4v) is 2.21. The molecule has 2 aromatic heterocycles. The van der Waals surface area contributed by atoms with Crippen LogP contribution in [0, 0.1) is 0 Å². The molecular weight excluding hydrogens is 340 g/mol. The van der Waals surface area contributed by atoms with E-state index in [1.807, 2.05) is 13.8 Å². The highest BCUT2D eigenvalue weighted by Crippen LogP contribution is 2.22. The Balaban J connectivity index is 1.63. The Kier molecular flexibility index (Phi) is 5.00. The molecule has 7 heteroatoms. The van der Waals surface area contributed by atoms with Gasteiger partial charge in [-0.1, -0.05) is 25.4 Å². The Morgan fingerprint density at radius 3 is 2.56 bits per heavy atom. The van der Waals surface area contributed by atoms with Crippen LogP contribution in [0.3, 0.4) is 0 Å². The summed E-state index contributed by atoms with van der Waals surface area (Å²) in [5.41, 5.74) is 1.81. The zero-order valence-electron chi connectivity index (χ0n) is 13.8. The second-order valence-electron chi connectivity index (χ2n) is 5.76. The molecule has 2 heterocycles. The van der Waals surface area contributed by atoms with Gasteiger partial charge in [0.15, 0.2) is 5.69 Å². The van der Waals surface area contributed by atoms with Crippen LogP contribution < -0.4 is 10.1 Å². The van der Waals surface area contributed by atoms with Crippen LogP contribution in [0.15, 0.2) is 48.7 Å². The minimum atomic E-state index is -0.295. The summed E-state index contributed by atoms with van der Waals surface area (Å²) in [5.74, 6) is 1.03. The number of aromatic amines is 1. The molecule has 0 spiro atoms. The van der Waals surface area contributed by atoms with Crippen LogP contribution in [0.4, 0.5) is 5.69 Å². The van der Waals surface area contributed by atoms with E-state index >= 15 is 0 Å². The second-order valence-corrected chi connectivity index (χ2v) is 6.19. The summed E-state index contributed by atoms with van der Waals surface area (Å²) in [6.45, 7) is 4.05. The van der Waals surface area contributed by atoms with Crippen LogP contribution in [0.25, 0.3) is 0 Å². The lowest BCUT2D eigenvalue weighted by Crippen LogP contribution is -2.12. The van der Waals surface area contributed by atoms with E-state index in [0.29, 0.717) is 28.0 Å². The molecule has 2 N–H and O–H groups in total. The highest BCUT2D eigenvalue weighted by molar-refractivity contribution is 6.30. The van der Waals surface area contributed by atoms with Crippen LogP contribution in [0.5, 0.6) is 11.6 Å². The smallest absolute Gasteiger partial charge is 0.276 e. The third-order valence-corrected chi connectivity index (χ3v) is 3.73. The zero-order valence-corrected chi connectivity index (χ0v) is 14.5. The number of ether oxygens (including phenoxy) is 1. The van der Waals surface area contributed by atoms with E-state index < -0.39 is 0 Å². The van der Waals surface area contributed by atoms with Crippen molar-refractivity contribution < 1.29 is 9.53 Å². The molecule has 0 atom stereocenters. The van der Waals surface area contributed by atoms with Gasteiger partial charge >= 0.3 is 0 Å². The minimum absolute atomic E-state index is 0.278. The summed E-state index contributed by atoms with van der Waals surface area (Å²) in [5, 5.41) is 10.3. The minimum Gasteiger partial charge on any atom is -0.439 e. The van der Waals surface area contributed by atoms with Crippen molar-refractivity contribution in [2.45, 2.75) is 19.8 Å². The van der Waals surface area contributed by atoms with E-state index in [9.17, 15) is 4.79 Å². The van der Waals surface area contributed by atoms with Crippen molar-refractivity contribution in [1.29, 1.82) is 0 Å². The van der Waals surface area contributed by atoms with Crippen LogP contribution >= 0.6 is 11.6 Å². The third-order valence-electron chi connectivity index (χ3n) is 3.48. The van der Waals surface area contributed by atoms with Gasteiger partial charge in [0.2, 0.25) is 5.88 Å². The molecule has 3 aromatic rings. The molecule has 25 heavy (non-hydrogen) atoms. The molecule has 0 aliphatic heterocycles. The maximum absolute atomic E-state index is 12.2. The molecule has 0 unspecified atom stereocenters. The Hall–Kier alpha value is -2.86. The van der Waals surface area contributed by atoms with Crippen LogP contribution in [-0.4, -0.2) is 21.1 Å². The van der Waals surface area contributed by atoms with Crippen molar-refractivity contribution in [2.75, 3.05) is 5.32 Å². The third kappa shape index (κ3) is 4.36. The van der Waals surface area contributed by atoms with Gasteiger partial charge in [0.25, 0.3) is 5.91 Å². The lowest BCUT2D eigenvalue weighted by atomic mass is 10.1. The molecule has 0 saturated carbocycles. The molecule has 0 aliphatic carbocycles. The number of anilines is 1. The first-order valence-electron chi connectivity index (χ1n) is 7.77. The van der Waals surface area contributed by atoms with E-state index in [0.717, 1.165) is 5.69 Å². The average Bonchev–Trinajstić information content (AvgIpc) is 3.09. The van der Waals surface area contributed by atoms with Gasteiger partial charge in [-0.2, -0.15) is 5.10 Å². The molecule has 0 saturated heterocycles. The monoisotopic (exact) mass is 356 g/mol. The van der Waals surface area contributed by atoms with Crippen molar-refractivity contribution in [3.8, 4) is 11.6 Å². The molecule has 1 aromatic carbocycles. The number of H-pyrrole nitrogens is 1. The van der Waals surface area contributed by atoms with E-state index in [1.54, 1.807) is 42.5 Å². The van der Waals surface area contributed by atoms with Crippen molar-refractivity contribution >= 4 is 23.2 Å². The van der Waals surface area contributed by atoms with Crippen molar-refractivity contribution in [2.24, 2.45) is 0 Å². The average molecular weight is 357 g/mol. The molecule has 6 nitrogen and oxygen atoms in total. The Labute approximate surface area is 150 Å². The number of nitrogens with zero attached hydrogens (tertiary/aromatic N) is 2. The second kappa shape index (κ2) is 7.36. The molecular formula is C18H17ClN4O2. The number of aromatic nitrogens is 3. The number of halogens is 1. The quantitative estimate of drug-likeness (QED) is 0.698. The Bertz CT molecular complexity index is 858. The normalized spacial score (nSPS) is 10.7. The van der Waals surface area contributed by atoms with Gasteiger partial charge in [-0.15, -0.1) is 0 Å². The molecule has 0 bridgehead atoms. The number of rotatable bonds is 5. The number of nitrogens with one attached hydrogen (secondary N) is 2. The largest absolute Gasteiger partial charge is 0.439 e. The van der Waals surface area contributed by atoms with Gasteiger partial charge in [-0.05, 0) is 42.3 Å². The first-order chi connectivity index (χ1) is 12.0. The number of hydrogen-bond donors (Lipinski definition) is 2. The van der Waals surface area contributed by atoms with Gasteiger partial charge < -0.3 is 10.1 Å². The molecule has 1 amide bonds. The molecule has 3 rings (SSSR count). The molecule has 128 valence electrons.